The van der Waals surface area contributed by atoms with E-state index in [0.29, 0.717) is 0 Å². The Kier molecular flexibility index (Phi) is 13.5. The second-order valence-corrected chi connectivity index (χ2v) is 9.67. The summed E-state index contributed by atoms with van der Waals surface area (Å²) in [6.45, 7) is 5.63. The van der Waals surface area contributed by atoms with Crippen LogP contribution in [0.5, 0.6) is 23.0 Å². The average Bonchev–Trinajstić information content (AvgIpc) is 3.02. The fourth-order valence-electron chi connectivity index (χ4n) is 3.88. The van der Waals surface area contributed by atoms with Crippen molar-refractivity contribution in [2.24, 2.45) is 20.5 Å². The van der Waals surface area contributed by atoms with Crippen molar-refractivity contribution in [3.63, 3.8) is 0 Å². The molecule has 0 heterocycles. The number of benzene rings is 4. The molecule has 47 heavy (non-hydrogen) atoms. The molecule has 4 N–H and O–H groups in total. The summed E-state index contributed by atoms with van der Waals surface area (Å²) in [6, 6.07) is 16.7. The number of anilines is 2. The van der Waals surface area contributed by atoms with Crippen molar-refractivity contribution in [3.8, 4) is 23.0 Å². The molecule has 0 bridgehead atoms. The first kappa shape index (κ1) is 37.4. The summed E-state index contributed by atoms with van der Waals surface area (Å²) < 4.78 is 0. The normalized spacial score (nSPS) is 10.6. The Morgan fingerprint density at radius 1 is 0.574 bits per heavy atom. The van der Waals surface area contributed by atoms with Gasteiger partial charge in [0.25, 0.3) is 11.4 Å². The number of nitrogens with zero attached hydrogens (tertiary/aromatic N) is 8. The fourth-order valence-corrected chi connectivity index (χ4v) is 3.88. The van der Waals surface area contributed by atoms with Gasteiger partial charge in [0, 0.05) is 91.7 Å². The van der Waals surface area contributed by atoms with Crippen molar-refractivity contribution in [2.45, 2.75) is 13.8 Å². The molecule has 0 atom stereocenters. The molecule has 4 rings (SSSR count). The maximum atomic E-state index is 10.8. The maximum Gasteiger partial charge on any atom is 0.271 e. The van der Waals surface area contributed by atoms with Crippen molar-refractivity contribution in [1.82, 2.24) is 0 Å². The van der Waals surface area contributed by atoms with Gasteiger partial charge in [0.15, 0.2) is 0 Å². The number of phenols is 4. The van der Waals surface area contributed by atoms with E-state index in [1.165, 1.54) is 24.3 Å². The molecule has 0 aliphatic heterocycles. The minimum Gasteiger partial charge on any atom is -0.506 e. The third-order valence-electron chi connectivity index (χ3n) is 6.43. The molecule has 0 aliphatic rings. The van der Waals surface area contributed by atoms with Crippen molar-refractivity contribution in [3.05, 3.63) is 93.0 Å². The van der Waals surface area contributed by atoms with Crippen LogP contribution >= 0.6 is 0 Å². The van der Waals surface area contributed by atoms with E-state index in [9.17, 15) is 40.7 Å². The van der Waals surface area contributed by atoms with Crippen LogP contribution < -0.4 is 9.80 Å². The number of nitro benzene ring substituents is 2. The van der Waals surface area contributed by atoms with Gasteiger partial charge in [-0.2, -0.15) is 0 Å². The van der Waals surface area contributed by atoms with Gasteiger partial charge in [-0.05, 0) is 50.2 Å². The van der Waals surface area contributed by atoms with Crippen LogP contribution in [0.15, 0.2) is 93.3 Å². The molecule has 0 aromatic heterocycles. The molecule has 16 nitrogen and oxygen atoms in total. The molecule has 4 aromatic rings. The van der Waals surface area contributed by atoms with Gasteiger partial charge in [0.2, 0.25) is 0 Å². The van der Waals surface area contributed by atoms with E-state index in [2.05, 4.69) is 25.4 Å². The van der Waals surface area contributed by atoms with Crippen LogP contribution in [0.25, 0.3) is 0 Å². The van der Waals surface area contributed by atoms with Crippen LogP contribution in [-0.2, 0) is 16.8 Å². The predicted octanol–water partition coefficient (Wildman–Crippen LogP) is 7.75. The molecule has 0 fully saturated rings. The number of nitro groups is 2. The molecule has 249 valence electrons. The Hall–Kier alpha value is -5.81. The third kappa shape index (κ3) is 10.1. The molecule has 0 saturated carbocycles. The summed E-state index contributed by atoms with van der Waals surface area (Å²) in [7, 11) is 3.66. The number of phenolic OH excluding ortho intramolecular Hbond substituents is 4. The summed E-state index contributed by atoms with van der Waals surface area (Å²) in [6.07, 6.45) is 0. The summed E-state index contributed by atoms with van der Waals surface area (Å²) in [5, 5.41) is 76.0. The van der Waals surface area contributed by atoms with E-state index in [-0.39, 0.29) is 73.9 Å². The van der Waals surface area contributed by atoms with E-state index in [1.807, 2.05) is 32.8 Å². The zero-order valence-electron chi connectivity index (χ0n) is 25.7. The summed E-state index contributed by atoms with van der Waals surface area (Å²) in [4.78, 5) is 24.2. The van der Waals surface area contributed by atoms with Crippen LogP contribution in [0.2, 0.25) is 0 Å². The van der Waals surface area contributed by atoms with Gasteiger partial charge in [-0.3, -0.25) is 20.2 Å². The van der Waals surface area contributed by atoms with E-state index in [4.69, 9.17) is 0 Å². The number of non-ortho nitro benzene ring substituents is 2. The van der Waals surface area contributed by atoms with Crippen molar-refractivity contribution in [1.29, 1.82) is 0 Å². The van der Waals surface area contributed by atoms with Crippen molar-refractivity contribution < 1.29 is 47.1 Å². The predicted molar refractivity (Wildman–Crippen MR) is 172 cm³/mol. The van der Waals surface area contributed by atoms with E-state index in [0.717, 1.165) is 42.7 Å². The minimum atomic E-state index is -0.595. The minimum absolute atomic E-state index is 0. The zero-order chi connectivity index (χ0) is 34.0. The SMILES string of the molecule is CCN(CC)c1ccc(N=Nc2cc([N+](=O)[O-])ccc2O)c(O)c1.CN(C)c1ccc(N=Nc2cc([N+](=O)[O-])ccc2O)c(O)c1.[Co]. The molecule has 0 aliphatic carbocycles. The Bertz CT molecular complexity index is 1780. The van der Waals surface area contributed by atoms with Gasteiger partial charge in [0.1, 0.15) is 45.7 Å². The molecule has 0 unspecified atom stereocenters. The van der Waals surface area contributed by atoms with Gasteiger partial charge < -0.3 is 30.2 Å². The van der Waals surface area contributed by atoms with Crippen molar-refractivity contribution in [2.75, 3.05) is 37.0 Å². The molecule has 0 spiro atoms. The van der Waals surface area contributed by atoms with Crippen LogP contribution in [0, 0.1) is 20.2 Å². The van der Waals surface area contributed by atoms with E-state index in [1.54, 1.807) is 30.3 Å². The second kappa shape index (κ2) is 17.0. The van der Waals surface area contributed by atoms with Crippen molar-refractivity contribution >= 4 is 45.5 Å². The van der Waals surface area contributed by atoms with Crippen LogP contribution in [0.3, 0.4) is 0 Å². The van der Waals surface area contributed by atoms with Gasteiger partial charge in [-0.1, -0.05) is 0 Å². The van der Waals surface area contributed by atoms with Gasteiger partial charge in [-0.25, -0.2) is 0 Å². The first-order valence-corrected chi connectivity index (χ1v) is 13.7. The molecular weight excluding hydrogens is 659 g/mol. The Labute approximate surface area is 279 Å². The monoisotopic (exact) mass is 691 g/mol. The van der Waals surface area contributed by atoms with Gasteiger partial charge >= 0.3 is 0 Å². The van der Waals surface area contributed by atoms with Gasteiger partial charge in [-0.15, -0.1) is 20.5 Å². The average molecular weight is 692 g/mol. The van der Waals surface area contributed by atoms with E-state index >= 15 is 0 Å². The number of hydrogen-bond acceptors (Lipinski definition) is 14. The summed E-state index contributed by atoms with van der Waals surface area (Å²) in [5.41, 5.74) is 1.53. The molecule has 0 saturated heterocycles. The molecule has 17 heteroatoms. The fraction of sp³-hybridized carbons (Fsp3) is 0.200. The quantitative estimate of drug-likeness (QED) is 0.0718. The standard InChI is InChI=1S/C16H18N4O4.C14H14N4O4.Co/c1-3-19(4-2)11-5-7-13(16(22)10-11)17-18-14-9-12(20(23)24)6-8-15(14)21;1-17(2)9-3-5-11(14(20)8-9)15-16-12-7-10(18(21)22)4-6-13(12)19;/h5-10,21-22H,3-4H2,1-2H3;3-8,19-20H,1-2H3;. The Balaban J connectivity index is 0.000000321. The number of azo groups is 2. The smallest absolute Gasteiger partial charge is 0.271 e. The first-order valence-electron chi connectivity index (χ1n) is 13.7. The summed E-state index contributed by atoms with van der Waals surface area (Å²) >= 11 is 0. The second-order valence-electron chi connectivity index (χ2n) is 9.67. The molecule has 0 amide bonds. The van der Waals surface area contributed by atoms with Crippen LogP contribution in [0.1, 0.15) is 13.8 Å². The molecule has 4 aromatic carbocycles. The summed E-state index contributed by atoms with van der Waals surface area (Å²) in [5.74, 6) is -0.615. The topological polar surface area (TPSA) is 223 Å². The number of rotatable bonds is 10. The van der Waals surface area contributed by atoms with E-state index < -0.39 is 9.85 Å². The molecule has 1 radical (unpaired) electrons. The number of aromatic hydroxyl groups is 4. The first-order chi connectivity index (χ1) is 21.8. The zero-order valence-corrected chi connectivity index (χ0v) is 26.7. The third-order valence-corrected chi connectivity index (χ3v) is 6.43. The number of hydrogen-bond donors (Lipinski definition) is 4. The van der Waals surface area contributed by atoms with Crippen LogP contribution in [0.4, 0.5) is 45.5 Å². The molecular formula is C30H32CoN8O8. The van der Waals surface area contributed by atoms with Crippen LogP contribution in [-0.4, -0.2) is 57.5 Å². The largest absolute Gasteiger partial charge is 0.506 e. The van der Waals surface area contributed by atoms with Gasteiger partial charge in [0.05, 0.1) is 9.85 Å². The maximum absolute atomic E-state index is 10.8. The Morgan fingerprint density at radius 3 is 1.32 bits per heavy atom. The Morgan fingerprint density at radius 2 is 0.957 bits per heavy atom.